The number of rotatable bonds is 5. The Morgan fingerprint density at radius 3 is 2.67 bits per heavy atom. The SMILES string of the molecule is COc1cc(NCc2ccc(C(=O)O)cn2)c(Br)cc1Br. The highest BCUT2D eigenvalue weighted by molar-refractivity contribution is 9.11. The third-order valence-corrected chi connectivity index (χ3v) is 4.05. The van der Waals surface area contributed by atoms with E-state index < -0.39 is 5.97 Å². The van der Waals surface area contributed by atoms with Gasteiger partial charge < -0.3 is 15.2 Å². The first-order valence-corrected chi connectivity index (χ1v) is 7.55. The van der Waals surface area contributed by atoms with Crippen LogP contribution in [0.1, 0.15) is 16.1 Å². The number of hydrogen-bond donors (Lipinski definition) is 2. The number of carboxylic acid groups (broad SMARTS) is 1. The first-order valence-electron chi connectivity index (χ1n) is 5.96. The van der Waals surface area contributed by atoms with Crippen LogP contribution in [0.3, 0.4) is 0 Å². The average molecular weight is 416 g/mol. The van der Waals surface area contributed by atoms with Gasteiger partial charge in [-0.25, -0.2) is 4.79 Å². The molecule has 7 heteroatoms. The maximum atomic E-state index is 10.8. The van der Waals surface area contributed by atoms with Crippen LogP contribution in [-0.2, 0) is 6.54 Å². The lowest BCUT2D eigenvalue weighted by Gasteiger charge is -2.11. The van der Waals surface area contributed by atoms with Gasteiger partial charge in [-0.15, -0.1) is 0 Å². The minimum Gasteiger partial charge on any atom is -0.495 e. The molecule has 0 saturated carbocycles. The normalized spacial score (nSPS) is 10.2. The highest BCUT2D eigenvalue weighted by Gasteiger charge is 2.08. The number of carbonyl (C=O) groups is 1. The van der Waals surface area contributed by atoms with E-state index in [4.69, 9.17) is 9.84 Å². The topological polar surface area (TPSA) is 71.5 Å². The number of hydrogen-bond acceptors (Lipinski definition) is 4. The molecule has 1 aromatic heterocycles. The summed E-state index contributed by atoms with van der Waals surface area (Å²) in [5, 5.41) is 12.0. The van der Waals surface area contributed by atoms with Crippen molar-refractivity contribution in [2.45, 2.75) is 6.54 Å². The zero-order valence-electron chi connectivity index (χ0n) is 11.1. The van der Waals surface area contributed by atoms with Crippen molar-refractivity contribution < 1.29 is 14.6 Å². The molecule has 0 aliphatic heterocycles. The van der Waals surface area contributed by atoms with Gasteiger partial charge in [0.25, 0.3) is 0 Å². The van der Waals surface area contributed by atoms with E-state index in [0.717, 1.165) is 26.1 Å². The Balaban J connectivity index is 2.10. The van der Waals surface area contributed by atoms with Crippen molar-refractivity contribution in [1.29, 1.82) is 0 Å². The van der Waals surface area contributed by atoms with E-state index in [-0.39, 0.29) is 5.56 Å². The first kappa shape index (κ1) is 15.8. The lowest BCUT2D eigenvalue weighted by Crippen LogP contribution is -2.04. The van der Waals surface area contributed by atoms with Crippen LogP contribution in [0.25, 0.3) is 0 Å². The van der Waals surface area contributed by atoms with Crippen molar-refractivity contribution in [3.8, 4) is 5.75 Å². The Bertz CT molecular complexity index is 660. The fraction of sp³-hybridized carbons (Fsp3) is 0.143. The van der Waals surface area contributed by atoms with E-state index in [0.29, 0.717) is 6.54 Å². The molecule has 5 nitrogen and oxygen atoms in total. The van der Waals surface area contributed by atoms with Crippen LogP contribution < -0.4 is 10.1 Å². The Morgan fingerprint density at radius 1 is 1.33 bits per heavy atom. The van der Waals surface area contributed by atoms with Crippen LogP contribution in [0, 0.1) is 0 Å². The van der Waals surface area contributed by atoms with Crippen molar-refractivity contribution >= 4 is 43.5 Å². The number of aromatic carboxylic acids is 1. The number of nitrogens with one attached hydrogen (secondary N) is 1. The van der Waals surface area contributed by atoms with Crippen LogP contribution in [0.2, 0.25) is 0 Å². The predicted molar refractivity (Wildman–Crippen MR) is 86.9 cm³/mol. The minimum absolute atomic E-state index is 0.172. The number of nitrogens with zero attached hydrogens (tertiary/aromatic N) is 1. The van der Waals surface area contributed by atoms with Gasteiger partial charge in [-0.1, -0.05) is 0 Å². The molecule has 2 rings (SSSR count). The molecule has 0 amide bonds. The first-order chi connectivity index (χ1) is 10.0. The van der Waals surface area contributed by atoms with Gasteiger partial charge in [0, 0.05) is 16.7 Å². The second-order valence-corrected chi connectivity index (χ2v) is 5.87. The molecule has 0 unspecified atom stereocenters. The van der Waals surface area contributed by atoms with Gasteiger partial charge in [0.2, 0.25) is 0 Å². The van der Waals surface area contributed by atoms with Crippen LogP contribution in [0.15, 0.2) is 39.4 Å². The molecule has 0 saturated heterocycles. The fourth-order valence-electron chi connectivity index (χ4n) is 1.66. The number of pyridine rings is 1. The second-order valence-electron chi connectivity index (χ2n) is 4.16. The van der Waals surface area contributed by atoms with Crippen molar-refractivity contribution in [1.82, 2.24) is 4.98 Å². The van der Waals surface area contributed by atoms with Crippen LogP contribution in [0.5, 0.6) is 5.75 Å². The van der Waals surface area contributed by atoms with E-state index in [1.165, 1.54) is 12.3 Å². The molecule has 2 N–H and O–H groups in total. The van der Waals surface area contributed by atoms with Gasteiger partial charge in [0.1, 0.15) is 5.75 Å². The third kappa shape index (κ3) is 3.95. The summed E-state index contributed by atoms with van der Waals surface area (Å²) < 4.78 is 6.99. The lowest BCUT2D eigenvalue weighted by molar-refractivity contribution is 0.0696. The molecule has 0 bridgehead atoms. The summed E-state index contributed by atoms with van der Waals surface area (Å²) in [4.78, 5) is 14.9. The molecular weight excluding hydrogens is 404 g/mol. The van der Waals surface area contributed by atoms with E-state index in [1.807, 2.05) is 12.1 Å². The Morgan fingerprint density at radius 2 is 2.10 bits per heavy atom. The summed E-state index contributed by atoms with van der Waals surface area (Å²) in [6.07, 6.45) is 1.34. The predicted octanol–water partition coefficient (Wildman–Crippen LogP) is 3.93. The Kier molecular flexibility index (Phi) is 5.19. The van der Waals surface area contributed by atoms with E-state index in [1.54, 1.807) is 13.2 Å². The van der Waals surface area contributed by atoms with Crippen molar-refractivity contribution in [2.75, 3.05) is 12.4 Å². The minimum atomic E-state index is -0.984. The average Bonchev–Trinajstić information content (AvgIpc) is 2.47. The van der Waals surface area contributed by atoms with Crippen molar-refractivity contribution in [3.63, 3.8) is 0 Å². The molecule has 0 spiro atoms. The molecule has 1 aromatic carbocycles. The highest BCUT2D eigenvalue weighted by Crippen LogP contribution is 2.34. The summed E-state index contributed by atoms with van der Waals surface area (Å²) in [5.74, 6) is -0.266. The molecule has 110 valence electrons. The third-order valence-electron chi connectivity index (χ3n) is 2.77. The van der Waals surface area contributed by atoms with E-state index >= 15 is 0 Å². The Labute approximate surface area is 138 Å². The molecule has 0 atom stereocenters. The zero-order valence-corrected chi connectivity index (χ0v) is 14.2. The van der Waals surface area contributed by atoms with Crippen molar-refractivity contribution in [3.05, 3.63) is 50.7 Å². The quantitative estimate of drug-likeness (QED) is 0.774. The smallest absolute Gasteiger partial charge is 0.337 e. The molecule has 0 aliphatic rings. The Hall–Kier alpha value is -1.60. The van der Waals surface area contributed by atoms with E-state index in [2.05, 4.69) is 42.2 Å². The van der Waals surface area contributed by atoms with Gasteiger partial charge in [0.05, 0.1) is 35.1 Å². The molecule has 0 radical (unpaired) electrons. The number of anilines is 1. The molecule has 1 heterocycles. The van der Waals surface area contributed by atoms with Gasteiger partial charge in [-0.05, 0) is 50.1 Å². The lowest BCUT2D eigenvalue weighted by atomic mass is 10.2. The fourth-order valence-corrected chi connectivity index (χ4v) is 2.96. The van der Waals surface area contributed by atoms with Gasteiger partial charge in [-0.2, -0.15) is 0 Å². The molecule has 0 fully saturated rings. The molecule has 21 heavy (non-hydrogen) atoms. The number of ether oxygens (including phenoxy) is 1. The molecular formula is C14H12Br2N2O3. The largest absolute Gasteiger partial charge is 0.495 e. The monoisotopic (exact) mass is 414 g/mol. The summed E-state index contributed by atoms with van der Waals surface area (Å²) in [7, 11) is 1.60. The maximum absolute atomic E-state index is 10.8. The number of methoxy groups -OCH3 is 1. The molecule has 2 aromatic rings. The molecule has 0 aliphatic carbocycles. The summed E-state index contributed by atoms with van der Waals surface area (Å²) in [5.41, 5.74) is 1.78. The van der Waals surface area contributed by atoms with E-state index in [9.17, 15) is 4.79 Å². The summed E-state index contributed by atoms with van der Waals surface area (Å²) in [6, 6.07) is 6.96. The van der Waals surface area contributed by atoms with Gasteiger partial charge >= 0.3 is 5.97 Å². The number of aromatic nitrogens is 1. The van der Waals surface area contributed by atoms with Gasteiger partial charge in [0.15, 0.2) is 0 Å². The summed E-state index contributed by atoms with van der Waals surface area (Å²) >= 11 is 6.88. The zero-order chi connectivity index (χ0) is 15.4. The maximum Gasteiger partial charge on any atom is 0.337 e. The summed E-state index contributed by atoms with van der Waals surface area (Å²) in [6.45, 7) is 0.475. The number of halogens is 2. The van der Waals surface area contributed by atoms with Gasteiger partial charge in [-0.3, -0.25) is 4.98 Å². The standard InChI is InChI=1S/C14H12Br2N2O3/c1-21-13-5-12(10(15)4-11(13)16)18-7-9-3-2-8(6-17-9)14(19)20/h2-6,18H,7H2,1H3,(H,19,20). The highest BCUT2D eigenvalue weighted by atomic mass is 79.9. The van der Waals surface area contributed by atoms with Crippen LogP contribution in [0.4, 0.5) is 5.69 Å². The number of benzene rings is 1. The second kappa shape index (κ2) is 6.91. The van der Waals surface area contributed by atoms with Crippen LogP contribution >= 0.6 is 31.9 Å². The number of carboxylic acids is 1. The van der Waals surface area contributed by atoms with Crippen LogP contribution in [-0.4, -0.2) is 23.2 Å². The van der Waals surface area contributed by atoms with Crippen molar-refractivity contribution in [2.24, 2.45) is 0 Å².